The minimum Gasteiger partial charge on any atom is -0.550 e. The zero-order valence-electron chi connectivity index (χ0n) is 12.2. The fourth-order valence-corrected chi connectivity index (χ4v) is 2.28. The van der Waals surface area contributed by atoms with Crippen molar-refractivity contribution in [1.82, 2.24) is 10.2 Å². The average Bonchev–Trinajstić information content (AvgIpc) is 2.78. The highest BCUT2D eigenvalue weighted by molar-refractivity contribution is 6.04. The Balaban J connectivity index is 1.90. The van der Waals surface area contributed by atoms with Gasteiger partial charge >= 0.3 is 6.03 Å². The number of carboxylic acid groups (broad SMARTS) is 1. The molecule has 0 unspecified atom stereocenters. The van der Waals surface area contributed by atoms with Crippen LogP contribution in [0.2, 0.25) is 0 Å². The number of hydrogen-bond acceptors (Lipinski definition) is 5. The topological polar surface area (TPSA) is 98.8 Å². The van der Waals surface area contributed by atoms with Crippen molar-refractivity contribution >= 4 is 17.9 Å². The first-order chi connectivity index (χ1) is 10.5. The van der Waals surface area contributed by atoms with Crippen molar-refractivity contribution in [3.8, 4) is 5.75 Å². The van der Waals surface area contributed by atoms with Crippen LogP contribution in [-0.4, -0.2) is 42.5 Å². The Morgan fingerprint density at radius 3 is 2.59 bits per heavy atom. The number of nitrogens with one attached hydrogen (secondary N) is 1. The highest BCUT2D eigenvalue weighted by Crippen LogP contribution is 2.15. The number of rotatable bonds is 7. The number of methoxy groups -OCH3 is 1. The van der Waals surface area contributed by atoms with E-state index >= 15 is 0 Å². The van der Waals surface area contributed by atoms with E-state index in [9.17, 15) is 19.5 Å². The number of amides is 3. The zero-order chi connectivity index (χ0) is 16.1. The lowest BCUT2D eigenvalue weighted by Gasteiger charge is -2.13. The highest BCUT2D eigenvalue weighted by atomic mass is 16.5. The monoisotopic (exact) mass is 305 g/mol. The number of aliphatic carboxylic acids is 1. The maximum absolute atomic E-state index is 12.1. The van der Waals surface area contributed by atoms with E-state index in [1.54, 1.807) is 7.11 Å². The lowest BCUT2D eigenvalue weighted by atomic mass is 10.1. The molecule has 2 rings (SSSR count). The first kappa shape index (κ1) is 15.8. The maximum Gasteiger partial charge on any atom is 0.324 e. The predicted octanol–water partition coefficient (Wildman–Crippen LogP) is -0.312. The molecule has 7 nitrogen and oxygen atoms in total. The standard InChI is InChI=1S/C15H18N2O5/c1-22-11-4-2-10(3-5-11)8-9-17-14(20)12(16-15(17)21)6-7-13(18)19/h2-5,12H,6-9H2,1H3,(H,16,21)(H,18,19)/p-1/t12-/m0/s1. The van der Waals surface area contributed by atoms with Crippen LogP contribution >= 0.6 is 0 Å². The first-order valence-electron chi connectivity index (χ1n) is 6.96. The van der Waals surface area contributed by atoms with E-state index in [4.69, 9.17) is 4.74 Å². The molecule has 1 atom stereocenters. The van der Waals surface area contributed by atoms with E-state index in [1.165, 1.54) is 0 Å². The van der Waals surface area contributed by atoms with Crippen molar-refractivity contribution in [2.24, 2.45) is 0 Å². The Labute approximate surface area is 127 Å². The number of carboxylic acids is 1. The van der Waals surface area contributed by atoms with Gasteiger partial charge in [-0.1, -0.05) is 12.1 Å². The van der Waals surface area contributed by atoms with Gasteiger partial charge in [0.1, 0.15) is 11.8 Å². The molecule has 0 saturated carbocycles. The number of benzene rings is 1. The van der Waals surface area contributed by atoms with E-state index in [-0.39, 0.29) is 25.3 Å². The van der Waals surface area contributed by atoms with Gasteiger partial charge in [-0.15, -0.1) is 0 Å². The van der Waals surface area contributed by atoms with Crippen LogP contribution < -0.4 is 15.2 Å². The van der Waals surface area contributed by atoms with E-state index < -0.39 is 18.0 Å². The molecule has 3 amide bonds. The summed E-state index contributed by atoms with van der Waals surface area (Å²) >= 11 is 0. The number of urea groups is 1. The number of nitrogens with zero attached hydrogens (tertiary/aromatic N) is 1. The third-order valence-electron chi connectivity index (χ3n) is 3.53. The van der Waals surface area contributed by atoms with Crippen molar-refractivity contribution in [3.05, 3.63) is 29.8 Å². The van der Waals surface area contributed by atoms with E-state index in [0.29, 0.717) is 6.42 Å². The SMILES string of the molecule is COc1ccc(CCN2C(=O)N[C@@H](CCC(=O)[O-])C2=O)cc1. The third kappa shape index (κ3) is 3.75. The third-order valence-corrected chi connectivity index (χ3v) is 3.53. The molecular formula is C15H17N2O5-. The molecule has 1 heterocycles. The summed E-state index contributed by atoms with van der Waals surface area (Å²) in [4.78, 5) is 35.4. The molecule has 1 N–H and O–H groups in total. The molecule has 1 aromatic carbocycles. The molecule has 1 saturated heterocycles. The molecule has 118 valence electrons. The Bertz CT molecular complexity index is 570. The van der Waals surface area contributed by atoms with Crippen LogP contribution in [0.4, 0.5) is 4.79 Å². The van der Waals surface area contributed by atoms with Crippen LogP contribution in [0.25, 0.3) is 0 Å². The molecule has 1 aromatic rings. The van der Waals surface area contributed by atoms with Gasteiger partial charge in [-0.05, 0) is 37.0 Å². The van der Waals surface area contributed by atoms with Crippen LogP contribution in [0.15, 0.2) is 24.3 Å². The number of hydrogen-bond donors (Lipinski definition) is 1. The van der Waals surface area contributed by atoms with Gasteiger partial charge in [0, 0.05) is 12.5 Å². The number of imide groups is 1. The predicted molar refractivity (Wildman–Crippen MR) is 75.0 cm³/mol. The first-order valence-corrected chi connectivity index (χ1v) is 6.96. The molecule has 0 bridgehead atoms. The maximum atomic E-state index is 12.1. The van der Waals surface area contributed by atoms with Crippen LogP contribution in [0.5, 0.6) is 5.75 Å². The van der Waals surface area contributed by atoms with Crippen LogP contribution in [-0.2, 0) is 16.0 Å². The molecular weight excluding hydrogens is 288 g/mol. The summed E-state index contributed by atoms with van der Waals surface area (Å²) < 4.78 is 5.06. The van der Waals surface area contributed by atoms with Gasteiger partial charge < -0.3 is 20.0 Å². The second-order valence-corrected chi connectivity index (χ2v) is 5.00. The van der Waals surface area contributed by atoms with Crippen molar-refractivity contribution in [2.75, 3.05) is 13.7 Å². The average molecular weight is 305 g/mol. The summed E-state index contributed by atoms with van der Waals surface area (Å²) in [5.41, 5.74) is 0.972. The summed E-state index contributed by atoms with van der Waals surface area (Å²) in [6.45, 7) is 0.249. The number of carbonyl (C=O) groups excluding carboxylic acids is 3. The Kier molecular flexibility index (Phi) is 4.98. The van der Waals surface area contributed by atoms with Crippen LogP contribution in [0, 0.1) is 0 Å². The largest absolute Gasteiger partial charge is 0.550 e. The molecule has 0 aromatic heterocycles. The summed E-state index contributed by atoms with van der Waals surface area (Å²) in [7, 11) is 1.58. The zero-order valence-corrected chi connectivity index (χ0v) is 12.2. The Morgan fingerprint density at radius 2 is 2.00 bits per heavy atom. The van der Waals surface area contributed by atoms with Gasteiger partial charge in [-0.2, -0.15) is 0 Å². The van der Waals surface area contributed by atoms with Crippen molar-refractivity contribution in [2.45, 2.75) is 25.3 Å². The molecule has 1 aliphatic rings. The fraction of sp³-hybridized carbons (Fsp3) is 0.400. The van der Waals surface area contributed by atoms with Gasteiger partial charge in [-0.3, -0.25) is 9.69 Å². The van der Waals surface area contributed by atoms with E-state index in [2.05, 4.69) is 5.32 Å². The summed E-state index contributed by atoms with van der Waals surface area (Å²) in [6.07, 6.45) is 0.311. The molecule has 1 fully saturated rings. The fourth-order valence-electron chi connectivity index (χ4n) is 2.28. The summed E-state index contributed by atoms with van der Waals surface area (Å²) in [5, 5.41) is 12.9. The molecule has 0 aliphatic carbocycles. The smallest absolute Gasteiger partial charge is 0.324 e. The Morgan fingerprint density at radius 1 is 1.32 bits per heavy atom. The molecule has 0 spiro atoms. The van der Waals surface area contributed by atoms with Gasteiger partial charge in [0.05, 0.1) is 7.11 Å². The molecule has 1 aliphatic heterocycles. The van der Waals surface area contributed by atoms with Gasteiger partial charge in [0.25, 0.3) is 5.91 Å². The number of ether oxygens (including phenoxy) is 1. The van der Waals surface area contributed by atoms with E-state index in [0.717, 1.165) is 16.2 Å². The highest BCUT2D eigenvalue weighted by Gasteiger charge is 2.36. The minimum absolute atomic E-state index is 0.0476. The van der Waals surface area contributed by atoms with Gasteiger partial charge in [0.2, 0.25) is 0 Å². The second-order valence-electron chi connectivity index (χ2n) is 5.00. The lowest BCUT2D eigenvalue weighted by molar-refractivity contribution is -0.305. The van der Waals surface area contributed by atoms with Crippen LogP contribution in [0.3, 0.4) is 0 Å². The lowest BCUT2D eigenvalue weighted by Crippen LogP contribution is -2.34. The van der Waals surface area contributed by atoms with Crippen molar-refractivity contribution in [1.29, 1.82) is 0 Å². The normalized spacial score (nSPS) is 17.5. The minimum atomic E-state index is -1.24. The Hall–Kier alpha value is -2.57. The van der Waals surface area contributed by atoms with Gasteiger partial charge in [0.15, 0.2) is 0 Å². The molecule has 22 heavy (non-hydrogen) atoms. The molecule has 0 radical (unpaired) electrons. The van der Waals surface area contributed by atoms with Crippen molar-refractivity contribution in [3.63, 3.8) is 0 Å². The van der Waals surface area contributed by atoms with E-state index in [1.807, 2.05) is 24.3 Å². The van der Waals surface area contributed by atoms with Crippen molar-refractivity contribution < 1.29 is 24.2 Å². The summed E-state index contributed by atoms with van der Waals surface area (Å²) in [5.74, 6) is -0.889. The quantitative estimate of drug-likeness (QED) is 0.697. The van der Waals surface area contributed by atoms with Gasteiger partial charge in [-0.25, -0.2) is 4.79 Å². The molecule has 7 heteroatoms. The summed E-state index contributed by atoms with van der Waals surface area (Å²) in [6, 6.07) is 6.09. The van der Waals surface area contributed by atoms with Crippen LogP contribution in [0.1, 0.15) is 18.4 Å². The second kappa shape index (κ2) is 6.93. The number of carbonyl (C=O) groups is 3.